The third-order valence-corrected chi connectivity index (χ3v) is 8.01. The maximum Gasteiger partial charge on any atom is 0.238 e. The van der Waals surface area contributed by atoms with Gasteiger partial charge in [-0.05, 0) is 37.2 Å². The lowest BCUT2D eigenvalue weighted by Gasteiger charge is -2.27. The molecule has 0 spiro atoms. The van der Waals surface area contributed by atoms with Crippen LogP contribution in [0.4, 0.5) is 0 Å². The van der Waals surface area contributed by atoms with Gasteiger partial charge < -0.3 is 15.4 Å². The second kappa shape index (κ2) is 12.3. The summed E-state index contributed by atoms with van der Waals surface area (Å²) in [6.07, 6.45) is 7.48. The minimum atomic E-state index is -3.71. The van der Waals surface area contributed by atoms with E-state index >= 15 is 0 Å². The van der Waals surface area contributed by atoms with Crippen LogP contribution in [0.3, 0.4) is 0 Å². The minimum Gasteiger partial charge on any atom is -0.356 e. The molecule has 2 fully saturated rings. The highest BCUT2D eigenvalue weighted by molar-refractivity contribution is 7.89. The third-order valence-electron chi connectivity index (χ3n) is 6.63. The van der Waals surface area contributed by atoms with Crippen LogP contribution in [-0.4, -0.2) is 50.9 Å². The summed E-state index contributed by atoms with van der Waals surface area (Å²) in [6.45, 7) is 0.564. The lowest BCUT2D eigenvalue weighted by atomic mass is 9.85. The van der Waals surface area contributed by atoms with Crippen molar-refractivity contribution in [1.82, 2.24) is 15.4 Å². The van der Waals surface area contributed by atoms with Gasteiger partial charge in [0.1, 0.15) is 12.3 Å². The van der Waals surface area contributed by atoms with Crippen molar-refractivity contribution in [2.24, 2.45) is 11.8 Å². The van der Waals surface area contributed by atoms with E-state index in [9.17, 15) is 22.8 Å². The fourth-order valence-corrected chi connectivity index (χ4v) is 6.00. The van der Waals surface area contributed by atoms with E-state index in [-0.39, 0.29) is 29.9 Å². The van der Waals surface area contributed by atoms with E-state index < -0.39 is 28.0 Å². The Bertz CT molecular complexity index is 900. The standard InChI is InChI=1S/C24H35N3O5S/c28-17-21(16-20-11-13-25-23(20)29)26-24(30)22(15-19-9-5-2-6-10-19)27-33(31,32)14-12-18-7-3-1-4-8-18/h1,3-4,7-8,17,19-22,27H,2,5-6,9-16H2,(H,25,29)(H,26,30)/t20-,21-,22-/m0/s1. The summed E-state index contributed by atoms with van der Waals surface area (Å²) < 4.78 is 28.3. The van der Waals surface area contributed by atoms with Crippen molar-refractivity contribution in [1.29, 1.82) is 0 Å². The number of benzene rings is 1. The highest BCUT2D eigenvalue weighted by Gasteiger charge is 2.32. The molecule has 1 aromatic carbocycles. The van der Waals surface area contributed by atoms with Gasteiger partial charge >= 0.3 is 0 Å². The Morgan fingerprint density at radius 3 is 2.45 bits per heavy atom. The molecule has 8 nitrogen and oxygen atoms in total. The first-order valence-electron chi connectivity index (χ1n) is 11.9. The van der Waals surface area contributed by atoms with Gasteiger partial charge in [0.05, 0.1) is 11.8 Å². The SMILES string of the molecule is O=C[C@H](C[C@@H]1CCNC1=O)NC(=O)[C@H](CC1CCCCC1)NS(=O)(=O)CCc1ccccc1. The Morgan fingerprint density at radius 1 is 1.09 bits per heavy atom. The van der Waals surface area contributed by atoms with Crippen LogP contribution in [0.1, 0.15) is 56.9 Å². The zero-order valence-corrected chi connectivity index (χ0v) is 19.8. The molecule has 3 atom stereocenters. The van der Waals surface area contributed by atoms with E-state index in [1.807, 2.05) is 30.3 Å². The summed E-state index contributed by atoms with van der Waals surface area (Å²) >= 11 is 0. The zero-order chi connectivity index (χ0) is 23.7. The molecule has 1 aliphatic heterocycles. The van der Waals surface area contributed by atoms with E-state index in [0.29, 0.717) is 32.1 Å². The number of sulfonamides is 1. The number of hydrogen-bond acceptors (Lipinski definition) is 5. The monoisotopic (exact) mass is 477 g/mol. The van der Waals surface area contributed by atoms with E-state index in [2.05, 4.69) is 15.4 Å². The zero-order valence-electron chi connectivity index (χ0n) is 19.0. The van der Waals surface area contributed by atoms with Gasteiger partial charge in [0.2, 0.25) is 21.8 Å². The first-order chi connectivity index (χ1) is 15.9. The van der Waals surface area contributed by atoms with Gasteiger partial charge in [-0.15, -0.1) is 0 Å². The van der Waals surface area contributed by atoms with Gasteiger partial charge in [0.15, 0.2) is 0 Å². The second-order valence-corrected chi connectivity index (χ2v) is 11.1. The third kappa shape index (κ3) is 8.23. The molecular weight excluding hydrogens is 442 g/mol. The largest absolute Gasteiger partial charge is 0.356 e. The molecule has 0 radical (unpaired) electrons. The quantitative estimate of drug-likeness (QED) is 0.396. The molecule has 3 N–H and O–H groups in total. The van der Waals surface area contributed by atoms with Crippen LogP contribution in [0.15, 0.2) is 30.3 Å². The number of carbonyl (C=O) groups is 3. The predicted octanol–water partition coefficient (Wildman–Crippen LogP) is 1.70. The Balaban J connectivity index is 1.64. The van der Waals surface area contributed by atoms with E-state index in [4.69, 9.17) is 0 Å². The molecule has 9 heteroatoms. The topological polar surface area (TPSA) is 121 Å². The molecule has 1 aliphatic carbocycles. The van der Waals surface area contributed by atoms with Crippen LogP contribution in [0, 0.1) is 11.8 Å². The predicted molar refractivity (Wildman–Crippen MR) is 126 cm³/mol. The smallest absolute Gasteiger partial charge is 0.238 e. The van der Waals surface area contributed by atoms with Gasteiger partial charge in [0.25, 0.3) is 0 Å². The van der Waals surface area contributed by atoms with Crippen LogP contribution >= 0.6 is 0 Å². The van der Waals surface area contributed by atoms with Crippen molar-refractivity contribution in [3.63, 3.8) is 0 Å². The highest BCUT2D eigenvalue weighted by Crippen LogP contribution is 2.27. The Kier molecular flexibility index (Phi) is 9.43. The molecule has 1 saturated carbocycles. The molecular formula is C24H35N3O5S. The van der Waals surface area contributed by atoms with Crippen molar-refractivity contribution >= 4 is 28.1 Å². The lowest BCUT2D eigenvalue weighted by molar-refractivity contribution is -0.127. The number of amides is 2. The number of hydrogen-bond donors (Lipinski definition) is 3. The first kappa shape index (κ1) is 25.4. The summed E-state index contributed by atoms with van der Waals surface area (Å²) in [6, 6.07) is 7.57. The first-order valence-corrected chi connectivity index (χ1v) is 13.6. The molecule has 1 saturated heterocycles. The second-order valence-electron chi connectivity index (χ2n) is 9.23. The normalized spacial score (nSPS) is 21.2. The average molecular weight is 478 g/mol. The maximum atomic E-state index is 13.1. The van der Waals surface area contributed by atoms with Crippen molar-refractivity contribution < 1.29 is 22.8 Å². The van der Waals surface area contributed by atoms with Gasteiger partial charge in [-0.1, -0.05) is 62.4 Å². The molecule has 0 unspecified atom stereocenters. The van der Waals surface area contributed by atoms with Crippen molar-refractivity contribution in [2.45, 2.75) is 69.9 Å². The van der Waals surface area contributed by atoms with Gasteiger partial charge in [-0.25, -0.2) is 13.1 Å². The van der Waals surface area contributed by atoms with Crippen LogP contribution in [0.2, 0.25) is 0 Å². The Morgan fingerprint density at radius 2 is 1.82 bits per heavy atom. The molecule has 2 aliphatic rings. The number of rotatable bonds is 12. The molecule has 0 aromatic heterocycles. The molecule has 1 aromatic rings. The van der Waals surface area contributed by atoms with Crippen LogP contribution in [0.5, 0.6) is 0 Å². The summed E-state index contributed by atoms with van der Waals surface area (Å²) in [5.41, 5.74) is 0.909. The molecule has 33 heavy (non-hydrogen) atoms. The Labute approximate surface area is 196 Å². The molecule has 2 amide bonds. The summed E-state index contributed by atoms with van der Waals surface area (Å²) in [5, 5.41) is 5.41. The van der Waals surface area contributed by atoms with E-state index in [1.54, 1.807) is 0 Å². The van der Waals surface area contributed by atoms with Crippen molar-refractivity contribution in [3.8, 4) is 0 Å². The molecule has 0 bridgehead atoms. The van der Waals surface area contributed by atoms with Gasteiger partial charge in [-0.2, -0.15) is 0 Å². The van der Waals surface area contributed by atoms with Crippen LogP contribution in [-0.2, 0) is 30.8 Å². The van der Waals surface area contributed by atoms with E-state index in [1.165, 1.54) is 0 Å². The number of nitrogens with one attached hydrogen (secondary N) is 3. The number of carbonyl (C=O) groups excluding carboxylic acids is 3. The summed E-state index contributed by atoms with van der Waals surface area (Å²) in [5.74, 6) is -0.789. The van der Waals surface area contributed by atoms with E-state index in [0.717, 1.165) is 37.7 Å². The van der Waals surface area contributed by atoms with Crippen LogP contribution < -0.4 is 15.4 Å². The summed E-state index contributed by atoms with van der Waals surface area (Å²) in [7, 11) is -3.71. The Hall–Kier alpha value is -2.26. The lowest BCUT2D eigenvalue weighted by Crippen LogP contribution is -2.51. The fraction of sp³-hybridized carbons (Fsp3) is 0.625. The van der Waals surface area contributed by atoms with Crippen molar-refractivity contribution in [3.05, 3.63) is 35.9 Å². The number of aryl methyl sites for hydroxylation is 1. The molecule has 3 rings (SSSR count). The molecule has 182 valence electrons. The summed E-state index contributed by atoms with van der Waals surface area (Å²) in [4.78, 5) is 36.6. The van der Waals surface area contributed by atoms with Gasteiger partial charge in [-0.3, -0.25) is 9.59 Å². The highest BCUT2D eigenvalue weighted by atomic mass is 32.2. The fourth-order valence-electron chi connectivity index (χ4n) is 4.75. The van der Waals surface area contributed by atoms with Gasteiger partial charge in [0, 0.05) is 12.5 Å². The minimum absolute atomic E-state index is 0.114. The van der Waals surface area contributed by atoms with Crippen LogP contribution in [0.25, 0.3) is 0 Å². The van der Waals surface area contributed by atoms with Crippen molar-refractivity contribution in [2.75, 3.05) is 12.3 Å². The molecule has 1 heterocycles. The average Bonchev–Trinajstić information content (AvgIpc) is 3.22. The maximum absolute atomic E-state index is 13.1. The number of aldehydes is 1.